The third-order valence-electron chi connectivity index (χ3n) is 2.10. The van der Waals surface area contributed by atoms with Crippen LogP contribution in [0.5, 0.6) is 0 Å². The molecular weight excluding hydrogens is 264 g/mol. The zero-order valence-corrected chi connectivity index (χ0v) is 13.6. The van der Waals surface area contributed by atoms with E-state index in [0.29, 0.717) is 5.88 Å². The van der Waals surface area contributed by atoms with Crippen LogP contribution in [-0.4, -0.2) is 35.4 Å². The van der Waals surface area contributed by atoms with Crippen molar-refractivity contribution in [1.29, 1.82) is 0 Å². The summed E-state index contributed by atoms with van der Waals surface area (Å²) in [7, 11) is -2.12. The maximum absolute atomic E-state index is 9.66. The van der Waals surface area contributed by atoms with Gasteiger partial charge in [-0.25, -0.2) is 0 Å². The Morgan fingerprint density at radius 1 is 1.00 bits per heavy atom. The van der Waals surface area contributed by atoms with Gasteiger partial charge in [0.1, 0.15) is 11.2 Å². The highest BCUT2D eigenvalue weighted by molar-refractivity contribution is 6.93. The molecule has 0 atom stereocenters. The van der Waals surface area contributed by atoms with Gasteiger partial charge in [0.25, 0.3) is 0 Å². The van der Waals surface area contributed by atoms with Crippen molar-refractivity contribution in [3.8, 4) is 22.9 Å². The fraction of sp³-hybridized carbons (Fsp3) is 0.714. The molecule has 0 spiro atoms. The van der Waals surface area contributed by atoms with Crippen molar-refractivity contribution in [3.63, 3.8) is 0 Å². The maximum Gasteiger partial charge on any atom is 0.214 e. The minimum atomic E-state index is -2.12. The standard InChI is InChI=1S/C14H23ClO2Si/c1-13(2,16)7-11-18(5,10-6-9-15)12-8-14(3,4)17/h16-17H,6,9-10H2,1-5H3. The third kappa shape index (κ3) is 9.56. The zero-order chi connectivity index (χ0) is 14.4. The van der Waals surface area contributed by atoms with E-state index in [1.165, 1.54) is 0 Å². The molecule has 0 saturated heterocycles. The highest BCUT2D eigenvalue weighted by Gasteiger charge is 2.24. The van der Waals surface area contributed by atoms with E-state index < -0.39 is 19.3 Å². The van der Waals surface area contributed by atoms with Gasteiger partial charge in [0, 0.05) is 5.88 Å². The summed E-state index contributed by atoms with van der Waals surface area (Å²) in [4.78, 5) is 0. The van der Waals surface area contributed by atoms with E-state index >= 15 is 0 Å². The summed E-state index contributed by atoms with van der Waals surface area (Å²) in [6.45, 7) is 8.65. The predicted octanol–water partition coefficient (Wildman–Crippen LogP) is 2.32. The molecule has 0 aliphatic rings. The molecule has 0 rings (SSSR count). The van der Waals surface area contributed by atoms with Crippen LogP contribution in [0.25, 0.3) is 0 Å². The van der Waals surface area contributed by atoms with Gasteiger partial charge >= 0.3 is 0 Å². The van der Waals surface area contributed by atoms with Crippen LogP contribution in [-0.2, 0) is 0 Å². The van der Waals surface area contributed by atoms with Gasteiger partial charge in [-0.2, -0.15) is 0 Å². The van der Waals surface area contributed by atoms with Gasteiger partial charge in [0.15, 0.2) is 0 Å². The van der Waals surface area contributed by atoms with Crippen molar-refractivity contribution in [2.75, 3.05) is 5.88 Å². The van der Waals surface area contributed by atoms with Crippen molar-refractivity contribution in [1.82, 2.24) is 0 Å². The van der Waals surface area contributed by atoms with Gasteiger partial charge in [-0.15, -0.1) is 22.7 Å². The Kier molecular flexibility index (Phi) is 6.47. The van der Waals surface area contributed by atoms with Gasteiger partial charge in [-0.05, 0) is 46.7 Å². The summed E-state index contributed by atoms with van der Waals surface area (Å²) in [5, 5.41) is 19.3. The number of alkyl halides is 1. The first-order valence-electron chi connectivity index (χ1n) is 6.07. The van der Waals surface area contributed by atoms with E-state index in [9.17, 15) is 10.2 Å². The largest absolute Gasteiger partial charge is 0.378 e. The monoisotopic (exact) mass is 286 g/mol. The smallest absolute Gasteiger partial charge is 0.214 e. The Hall–Kier alpha value is -0.453. The molecule has 0 aromatic rings. The molecule has 0 aliphatic heterocycles. The molecule has 18 heavy (non-hydrogen) atoms. The summed E-state index contributed by atoms with van der Waals surface area (Å²) in [6.07, 6.45) is 0.853. The number of hydrogen-bond acceptors (Lipinski definition) is 2. The van der Waals surface area contributed by atoms with Crippen molar-refractivity contribution >= 4 is 19.7 Å². The lowest BCUT2D eigenvalue weighted by Gasteiger charge is -2.16. The Balaban J connectivity index is 5.15. The van der Waals surface area contributed by atoms with E-state index in [4.69, 9.17) is 11.6 Å². The van der Waals surface area contributed by atoms with Crippen molar-refractivity contribution in [2.24, 2.45) is 0 Å². The Morgan fingerprint density at radius 3 is 1.67 bits per heavy atom. The molecule has 0 unspecified atom stereocenters. The van der Waals surface area contributed by atoms with Gasteiger partial charge in [-0.3, -0.25) is 0 Å². The lowest BCUT2D eigenvalue weighted by atomic mass is 10.2. The van der Waals surface area contributed by atoms with Crippen LogP contribution in [0.1, 0.15) is 34.1 Å². The summed E-state index contributed by atoms with van der Waals surface area (Å²) < 4.78 is 0. The fourth-order valence-electron chi connectivity index (χ4n) is 1.16. The van der Waals surface area contributed by atoms with Gasteiger partial charge in [0.05, 0.1) is 0 Å². The second-order valence-electron chi connectivity index (χ2n) is 5.74. The topological polar surface area (TPSA) is 40.5 Å². The van der Waals surface area contributed by atoms with Gasteiger partial charge in [-0.1, -0.05) is 11.8 Å². The summed E-state index contributed by atoms with van der Waals surface area (Å²) in [5.74, 6) is 6.28. The molecule has 0 saturated carbocycles. The second kappa shape index (κ2) is 6.64. The van der Waals surface area contributed by atoms with Gasteiger partial charge in [0.2, 0.25) is 8.07 Å². The first-order valence-corrected chi connectivity index (χ1v) is 9.31. The van der Waals surface area contributed by atoms with E-state index in [0.717, 1.165) is 12.5 Å². The SMILES string of the molecule is CC(C)(O)C#C[Si](C)(C#CC(C)(C)O)CCCCl. The number of rotatable bonds is 3. The average Bonchev–Trinajstić information content (AvgIpc) is 2.19. The lowest BCUT2D eigenvalue weighted by Crippen LogP contribution is -2.30. The number of halogens is 1. The Morgan fingerprint density at radius 2 is 1.39 bits per heavy atom. The number of aliphatic hydroxyl groups is 2. The van der Waals surface area contributed by atoms with Crippen LogP contribution in [0.4, 0.5) is 0 Å². The average molecular weight is 287 g/mol. The first-order chi connectivity index (χ1) is 7.97. The van der Waals surface area contributed by atoms with Crippen LogP contribution < -0.4 is 0 Å². The van der Waals surface area contributed by atoms with E-state index in [-0.39, 0.29) is 0 Å². The minimum Gasteiger partial charge on any atom is -0.378 e. The van der Waals surface area contributed by atoms with E-state index in [2.05, 4.69) is 22.9 Å². The fourth-order valence-corrected chi connectivity index (χ4v) is 3.88. The van der Waals surface area contributed by atoms with Crippen molar-refractivity contribution in [3.05, 3.63) is 0 Å². The van der Waals surface area contributed by atoms with Crippen LogP contribution in [0.2, 0.25) is 12.6 Å². The maximum atomic E-state index is 9.66. The van der Waals surface area contributed by atoms with E-state index in [1.807, 2.05) is 6.55 Å². The molecule has 2 nitrogen and oxygen atoms in total. The first kappa shape index (κ1) is 17.5. The number of hydrogen-bond donors (Lipinski definition) is 2. The quantitative estimate of drug-likeness (QED) is 0.475. The Bertz CT molecular complexity index is 350. The molecule has 4 heteroatoms. The molecule has 0 heterocycles. The summed E-state index contributed by atoms with van der Waals surface area (Å²) in [5.41, 5.74) is 4.26. The minimum absolute atomic E-state index is 0.580. The van der Waals surface area contributed by atoms with Crippen LogP contribution >= 0.6 is 11.6 Å². The predicted molar refractivity (Wildman–Crippen MR) is 79.9 cm³/mol. The zero-order valence-electron chi connectivity index (χ0n) is 11.9. The van der Waals surface area contributed by atoms with E-state index in [1.54, 1.807) is 27.7 Å². The lowest BCUT2D eigenvalue weighted by molar-refractivity contribution is 0.143. The summed E-state index contributed by atoms with van der Waals surface area (Å²) in [6, 6.07) is 0.850. The molecule has 0 aliphatic carbocycles. The van der Waals surface area contributed by atoms with Crippen molar-refractivity contribution < 1.29 is 10.2 Å². The molecule has 102 valence electrons. The third-order valence-corrected chi connectivity index (χ3v) is 5.07. The highest BCUT2D eigenvalue weighted by atomic mass is 35.5. The van der Waals surface area contributed by atoms with Crippen LogP contribution in [0.3, 0.4) is 0 Å². The molecule has 0 aromatic heterocycles. The van der Waals surface area contributed by atoms with Crippen LogP contribution in [0, 0.1) is 22.9 Å². The van der Waals surface area contributed by atoms with Gasteiger partial charge < -0.3 is 10.2 Å². The summed E-state index contributed by atoms with van der Waals surface area (Å²) >= 11 is 5.71. The molecule has 0 amide bonds. The normalized spacial score (nSPS) is 12.2. The molecular formula is C14H23ClO2Si. The molecule has 0 radical (unpaired) electrons. The second-order valence-corrected chi connectivity index (χ2v) is 9.78. The molecule has 0 bridgehead atoms. The molecule has 0 aromatic carbocycles. The Labute approximate surface area is 117 Å². The van der Waals surface area contributed by atoms with Crippen LogP contribution in [0.15, 0.2) is 0 Å². The molecule has 2 N–H and O–H groups in total. The van der Waals surface area contributed by atoms with Crippen molar-refractivity contribution in [2.45, 2.75) is 57.9 Å². The highest BCUT2D eigenvalue weighted by Crippen LogP contribution is 2.13. The molecule has 0 fully saturated rings.